The van der Waals surface area contributed by atoms with Crippen molar-refractivity contribution in [1.29, 1.82) is 0 Å². The summed E-state index contributed by atoms with van der Waals surface area (Å²) in [5.41, 5.74) is 15.9. The van der Waals surface area contributed by atoms with Gasteiger partial charge in [-0.15, -0.1) is 0 Å². The molecule has 0 spiro atoms. The summed E-state index contributed by atoms with van der Waals surface area (Å²) in [6.07, 6.45) is 19.0. The summed E-state index contributed by atoms with van der Waals surface area (Å²) in [5.74, 6) is 0. The Morgan fingerprint density at radius 1 is 0.473 bits per heavy atom. The van der Waals surface area contributed by atoms with Crippen molar-refractivity contribution in [2.45, 2.75) is 92.6 Å². The van der Waals surface area contributed by atoms with E-state index in [2.05, 4.69) is 147 Å². The zero-order valence-electron chi connectivity index (χ0n) is 32.3. The summed E-state index contributed by atoms with van der Waals surface area (Å²) in [4.78, 5) is 0. The van der Waals surface area contributed by atoms with Crippen molar-refractivity contribution in [2.24, 2.45) is 0 Å². The van der Waals surface area contributed by atoms with Crippen LogP contribution in [0, 0.1) is 0 Å². The van der Waals surface area contributed by atoms with Gasteiger partial charge in [-0.25, -0.2) is 0 Å². The van der Waals surface area contributed by atoms with Gasteiger partial charge in [-0.05, 0) is 0 Å². The Hall–Kier alpha value is -3.22. The molecule has 0 radical (unpaired) electrons. The fraction of sp³-hybridized carbons (Fsp3) is 0.308. The van der Waals surface area contributed by atoms with Gasteiger partial charge in [0.05, 0.1) is 0 Å². The molecule has 0 aromatic heterocycles. The topological polar surface area (TPSA) is 0 Å². The van der Waals surface area contributed by atoms with Crippen molar-refractivity contribution < 1.29 is 45.1 Å². The maximum atomic E-state index is 2.76. The molecule has 10 rings (SSSR count). The second-order valence-corrected chi connectivity index (χ2v) is 28.1. The van der Waals surface area contributed by atoms with E-state index in [4.69, 9.17) is 0 Å². The predicted molar refractivity (Wildman–Crippen MR) is 225 cm³/mol. The van der Waals surface area contributed by atoms with Gasteiger partial charge in [0.2, 0.25) is 0 Å². The molecule has 0 amide bonds. The van der Waals surface area contributed by atoms with Gasteiger partial charge in [-0.2, -0.15) is 0 Å². The van der Waals surface area contributed by atoms with E-state index in [1.165, 1.54) is 108 Å². The van der Waals surface area contributed by atoms with Crippen LogP contribution >= 0.6 is 0 Å². The van der Waals surface area contributed by atoms with Crippen LogP contribution in [0.3, 0.4) is 0 Å². The normalized spacial score (nSPS) is 22.1. The Balaban J connectivity index is 0.00000214. The molecule has 4 unspecified atom stereocenters. The Labute approximate surface area is 345 Å². The number of rotatable bonds is 10. The number of hydrogen-bond donors (Lipinski definition) is 0. The molecule has 0 N–H and O–H groups in total. The molecular formula is C52H52Cl2Zr. The third-order valence-corrected chi connectivity index (χ3v) is 31.1. The Morgan fingerprint density at radius 3 is 1.33 bits per heavy atom. The molecule has 1 aliphatic heterocycles. The van der Waals surface area contributed by atoms with Crippen molar-refractivity contribution in [3.8, 4) is 22.3 Å². The third kappa shape index (κ3) is 6.19. The molecule has 278 valence electrons. The van der Waals surface area contributed by atoms with Crippen molar-refractivity contribution in [3.63, 3.8) is 0 Å². The van der Waals surface area contributed by atoms with E-state index >= 15 is 0 Å². The number of halogens is 2. The molecule has 1 saturated heterocycles. The second-order valence-electron chi connectivity index (χ2n) is 16.7. The maximum absolute atomic E-state index is 3.14. The third-order valence-electron chi connectivity index (χ3n) is 14.0. The van der Waals surface area contributed by atoms with Gasteiger partial charge in [0, 0.05) is 0 Å². The first kappa shape index (κ1) is 38.6. The number of benzene rings is 6. The van der Waals surface area contributed by atoms with Crippen LogP contribution in [0.4, 0.5) is 0 Å². The van der Waals surface area contributed by atoms with Crippen LogP contribution in [0.25, 0.3) is 56.0 Å². The van der Waals surface area contributed by atoms with E-state index in [-0.39, 0.29) is 24.8 Å². The molecule has 0 bridgehead atoms. The van der Waals surface area contributed by atoms with Crippen molar-refractivity contribution in [3.05, 3.63) is 155 Å². The van der Waals surface area contributed by atoms with E-state index in [0.29, 0.717) is 7.25 Å². The minimum absolute atomic E-state index is 0. The SMILES string of the molecule is CCCCC1=Cc2c(-c3cccc4ccccc34)cccc2[CH]1[Zr+2]1([CH]2C(CCCC)=Cc3c(-c4cccc5ccccc45)cccc32)[CH]2CCCC[CH]21.[Cl-].[Cl-]. The minimum atomic E-state index is -3.14. The van der Waals surface area contributed by atoms with Gasteiger partial charge in [-0.1, -0.05) is 0 Å². The zero-order chi connectivity index (χ0) is 35.5. The fourth-order valence-electron chi connectivity index (χ4n) is 11.9. The molecule has 2 fully saturated rings. The largest absolute Gasteiger partial charge is 1.00 e. The summed E-state index contributed by atoms with van der Waals surface area (Å²) >= 11 is -3.14. The van der Waals surface area contributed by atoms with E-state index in [0.717, 1.165) is 7.25 Å². The van der Waals surface area contributed by atoms with Crippen LogP contribution < -0.4 is 24.8 Å². The van der Waals surface area contributed by atoms with Crippen LogP contribution in [0.15, 0.2) is 132 Å². The summed E-state index contributed by atoms with van der Waals surface area (Å²) in [6.45, 7) is 4.78. The number of hydrogen-bond acceptors (Lipinski definition) is 0. The maximum Gasteiger partial charge on any atom is -1.00 e. The van der Waals surface area contributed by atoms with Crippen LogP contribution in [0.2, 0.25) is 7.25 Å². The van der Waals surface area contributed by atoms with Crippen LogP contribution in [-0.4, -0.2) is 0 Å². The molecule has 55 heavy (non-hydrogen) atoms. The molecule has 6 aromatic carbocycles. The van der Waals surface area contributed by atoms with Gasteiger partial charge >= 0.3 is 324 Å². The van der Waals surface area contributed by atoms with Gasteiger partial charge < -0.3 is 24.8 Å². The van der Waals surface area contributed by atoms with E-state index < -0.39 is 20.3 Å². The summed E-state index contributed by atoms with van der Waals surface area (Å²) in [5, 5.41) is 5.44. The number of allylic oxidation sites excluding steroid dienone is 2. The molecule has 6 aromatic rings. The molecule has 4 aliphatic rings. The average molecular weight is 839 g/mol. The Kier molecular flexibility index (Phi) is 11.2. The molecule has 3 heteroatoms. The minimum Gasteiger partial charge on any atom is -1.00 e. The summed E-state index contributed by atoms with van der Waals surface area (Å²) in [7, 11) is 0. The number of fused-ring (bicyclic) bond motifs is 5. The second kappa shape index (κ2) is 16.0. The Bertz CT molecular complexity index is 2260. The fourth-order valence-corrected chi connectivity index (χ4v) is 35.1. The molecule has 4 atom stereocenters. The van der Waals surface area contributed by atoms with E-state index in [1.807, 2.05) is 11.1 Å². The van der Waals surface area contributed by atoms with Crippen LogP contribution in [-0.2, 0) is 20.3 Å². The molecule has 1 saturated carbocycles. The first-order valence-corrected chi connectivity index (χ1v) is 26.5. The average Bonchev–Trinajstić information content (AvgIpc) is 3.47. The monoisotopic (exact) mass is 836 g/mol. The first-order valence-electron chi connectivity index (χ1n) is 20.9. The molecular weight excluding hydrogens is 787 g/mol. The van der Waals surface area contributed by atoms with E-state index in [1.54, 1.807) is 22.3 Å². The van der Waals surface area contributed by atoms with E-state index in [9.17, 15) is 0 Å². The van der Waals surface area contributed by atoms with Crippen LogP contribution in [0.1, 0.15) is 108 Å². The molecule has 1 heterocycles. The predicted octanol–water partition coefficient (Wildman–Crippen LogP) is 9.61. The molecule has 3 aliphatic carbocycles. The van der Waals surface area contributed by atoms with Crippen molar-refractivity contribution >= 4 is 33.7 Å². The smallest absolute Gasteiger partial charge is 1.00 e. The van der Waals surface area contributed by atoms with Gasteiger partial charge in [0.25, 0.3) is 0 Å². The molecule has 0 nitrogen and oxygen atoms in total. The standard InChI is InChI=1S/2C23H21.C6H10.2ClH.Zr/c2*1-2-3-8-17-15-19-11-7-14-22(23(19)16-17)21-13-6-10-18-9-4-5-12-20(18)21;1-2-4-6-5-3-1;;;/h2*4-7,9-16H,2-3,8H2,1H3;1-2H,3-6H2;2*1H;/q;;;;;+2/p-2. The number of unbranched alkanes of at least 4 members (excludes halogenated alkanes) is 2. The van der Waals surface area contributed by atoms with Crippen molar-refractivity contribution in [2.75, 3.05) is 0 Å². The van der Waals surface area contributed by atoms with Gasteiger partial charge in [0.15, 0.2) is 0 Å². The zero-order valence-corrected chi connectivity index (χ0v) is 36.3. The van der Waals surface area contributed by atoms with Gasteiger partial charge in [-0.3, -0.25) is 0 Å². The van der Waals surface area contributed by atoms with Crippen LogP contribution in [0.5, 0.6) is 0 Å². The summed E-state index contributed by atoms with van der Waals surface area (Å²) < 4.78 is 3.33. The first-order chi connectivity index (χ1) is 26.2. The Morgan fingerprint density at radius 2 is 0.873 bits per heavy atom. The quantitative estimate of drug-likeness (QED) is 0.129. The van der Waals surface area contributed by atoms with Gasteiger partial charge in [0.1, 0.15) is 0 Å². The van der Waals surface area contributed by atoms with Crippen molar-refractivity contribution in [1.82, 2.24) is 0 Å². The summed E-state index contributed by atoms with van der Waals surface area (Å²) in [6, 6.07) is 46.8.